The molecule has 0 unspecified atom stereocenters. The molecule has 1 heterocycles. The van der Waals surface area contributed by atoms with Gasteiger partial charge in [-0.3, -0.25) is 0 Å². The van der Waals surface area contributed by atoms with Gasteiger partial charge in [-0.2, -0.15) is 0 Å². The van der Waals surface area contributed by atoms with E-state index in [4.69, 9.17) is 0 Å². The van der Waals surface area contributed by atoms with Crippen LogP contribution in [-0.4, -0.2) is 11.5 Å². The Labute approximate surface area is 111 Å². The van der Waals surface area contributed by atoms with Crippen LogP contribution in [0.3, 0.4) is 0 Å². The number of halogens is 1. The van der Waals surface area contributed by atoms with Gasteiger partial charge in [0.25, 0.3) is 0 Å². The van der Waals surface area contributed by atoms with Crippen molar-refractivity contribution in [1.29, 1.82) is 0 Å². The number of hydrogen-bond acceptors (Lipinski definition) is 3. The highest BCUT2D eigenvalue weighted by Crippen LogP contribution is 2.15. The van der Waals surface area contributed by atoms with Gasteiger partial charge in [-0.25, -0.2) is 9.37 Å². The predicted molar refractivity (Wildman–Crippen MR) is 73.3 cm³/mol. The van der Waals surface area contributed by atoms with Crippen LogP contribution < -0.4 is 5.32 Å². The van der Waals surface area contributed by atoms with Crippen molar-refractivity contribution >= 4 is 11.3 Å². The summed E-state index contributed by atoms with van der Waals surface area (Å²) in [6, 6.07) is 5.31. The first kappa shape index (κ1) is 13.2. The number of nitrogens with zero attached hydrogens (tertiary/aromatic N) is 1. The molecule has 1 aromatic heterocycles. The zero-order chi connectivity index (χ0) is 12.8. The standard InChI is InChI=1S/C14H17FN2S/c1-2-5-16-10-12-8-11(3-4-13(12)15)9-14-17-6-7-18-14/h3-4,6-8,16H,2,5,9-10H2,1H3. The van der Waals surface area contributed by atoms with Crippen LogP contribution in [0.2, 0.25) is 0 Å². The summed E-state index contributed by atoms with van der Waals surface area (Å²) in [5.41, 5.74) is 1.84. The summed E-state index contributed by atoms with van der Waals surface area (Å²) < 4.78 is 13.6. The number of aromatic nitrogens is 1. The van der Waals surface area contributed by atoms with Crippen molar-refractivity contribution in [3.63, 3.8) is 0 Å². The molecule has 18 heavy (non-hydrogen) atoms. The predicted octanol–water partition coefficient (Wildman–Crippen LogP) is 3.37. The number of benzene rings is 1. The van der Waals surface area contributed by atoms with E-state index in [9.17, 15) is 4.39 Å². The van der Waals surface area contributed by atoms with Gasteiger partial charge in [-0.15, -0.1) is 11.3 Å². The quantitative estimate of drug-likeness (QED) is 0.809. The van der Waals surface area contributed by atoms with E-state index in [-0.39, 0.29) is 5.82 Å². The van der Waals surface area contributed by atoms with Crippen molar-refractivity contribution in [3.05, 3.63) is 51.7 Å². The first-order valence-electron chi connectivity index (χ1n) is 6.16. The Morgan fingerprint density at radius 3 is 3.00 bits per heavy atom. The van der Waals surface area contributed by atoms with E-state index in [1.807, 2.05) is 17.5 Å². The maximum atomic E-state index is 13.6. The molecule has 0 saturated heterocycles. The molecule has 2 rings (SSSR count). The second-order valence-electron chi connectivity index (χ2n) is 4.21. The molecule has 1 aromatic carbocycles. The van der Waals surface area contributed by atoms with Crippen LogP contribution in [0, 0.1) is 5.82 Å². The molecule has 0 aliphatic carbocycles. The van der Waals surface area contributed by atoms with Gasteiger partial charge in [0.15, 0.2) is 0 Å². The average Bonchev–Trinajstić information content (AvgIpc) is 2.86. The molecule has 4 heteroatoms. The summed E-state index contributed by atoms with van der Waals surface area (Å²) in [7, 11) is 0. The first-order chi connectivity index (χ1) is 8.79. The third-order valence-corrected chi connectivity index (χ3v) is 3.47. The molecular formula is C14H17FN2S. The van der Waals surface area contributed by atoms with Crippen LogP contribution in [-0.2, 0) is 13.0 Å². The minimum absolute atomic E-state index is 0.138. The Kier molecular flexibility index (Phi) is 4.84. The molecule has 0 bridgehead atoms. The van der Waals surface area contributed by atoms with E-state index >= 15 is 0 Å². The minimum Gasteiger partial charge on any atom is -0.313 e. The lowest BCUT2D eigenvalue weighted by Gasteiger charge is -2.07. The third kappa shape index (κ3) is 3.62. The molecular weight excluding hydrogens is 247 g/mol. The zero-order valence-corrected chi connectivity index (χ0v) is 11.3. The Morgan fingerprint density at radius 1 is 1.39 bits per heavy atom. The van der Waals surface area contributed by atoms with Crippen LogP contribution >= 0.6 is 11.3 Å². The fourth-order valence-corrected chi connectivity index (χ4v) is 2.44. The Morgan fingerprint density at radius 2 is 2.28 bits per heavy atom. The van der Waals surface area contributed by atoms with Crippen LogP contribution in [0.25, 0.3) is 0 Å². The molecule has 1 N–H and O–H groups in total. The molecule has 0 atom stereocenters. The van der Waals surface area contributed by atoms with Gasteiger partial charge in [-0.05, 0) is 24.6 Å². The molecule has 0 radical (unpaired) electrons. The fraction of sp³-hybridized carbons (Fsp3) is 0.357. The number of nitrogens with one attached hydrogen (secondary N) is 1. The van der Waals surface area contributed by atoms with Crippen LogP contribution in [0.1, 0.15) is 29.5 Å². The van der Waals surface area contributed by atoms with Crippen LogP contribution in [0.4, 0.5) is 4.39 Å². The van der Waals surface area contributed by atoms with Gasteiger partial charge in [-0.1, -0.05) is 19.1 Å². The average molecular weight is 264 g/mol. The molecule has 96 valence electrons. The van der Waals surface area contributed by atoms with E-state index in [1.165, 1.54) is 0 Å². The SMILES string of the molecule is CCCNCc1cc(Cc2nccs2)ccc1F. The number of thiazole rings is 1. The van der Waals surface area contributed by atoms with Crippen LogP contribution in [0.15, 0.2) is 29.8 Å². The van der Waals surface area contributed by atoms with E-state index in [1.54, 1.807) is 23.6 Å². The first-order valence-corrected chi connectivity index (χ1v) is 7.04. The maximum Gasteiger partial charge on any atom is 0.127 e. The Bertz CT molecular complexity index is 483. The molecule has 0 fully saturated rings. The van der Waals surface area contributed by atoms with Crippen molar-refractivity contribution in [3.8, 4) is 0 Å². The lowest BCUT2D eigenvalue weighted by atomic mass is 10.1. The van der Waals surface area contributed by atoms with Gasteiger partial charge in [0.1, 0.15) is 5.82 Å². The molecule has 2 nitrogen and oxygen atoms in total. The van der Waals surface area contributed by atoms with E-state index in [0.717, 1.165) is 35.5 Å². The highest BCUT2D eigenvalue weighted by molar-refractivity contribution is 7.09. The van der Waals surface area contributed by atoms with Gasteiger partial charge >= 0.3 is 0 Å². The van der Waals surface area contributed by atoms with Crippen LogP contribution in [0.5, 0.6) is 0 Å². The third-order valence-electron chi connectivity index (χ3n) is 2.69. The van der Waals surface area contributed by atoms with E-state index < -0.39 is 0 Å². The van der Waals surface area contributed by atoms with E-state index in [0.29, 0.717) is 6.54 Å². The summed E-state index contributed by atoms with van der Waals surface area (Å²) in [5, 5.41) is 6.25. The van der Waals surface area contributed by atoms with Gasteiger partial charge < -0.3 is 5.32 Å². The summed E-state index contributed by atoms with van der Waals surface area (Å²) in [6.45, 7) is 3.60. The molecule has 0 aliphatic rings. The molecule has 0 aliphatic heterocycles. The number of hydrogen-bond donors (Lipinski definition) is 1. The lowest BCUT2D eigenvalue weighted by Crippen LogP contribution is -2.15. The minimum atomic E-state index is -0.138. The van der Waals surface area contributed by atoms with Crippen molar-refractivity contribution < 1.29 is 4.39 Å². The normalized spacial score (nSPS) is 10.8. The monoisotopic (exact) mass is 264 g/mol. The number of rotatable bonds is 6. The zero-order valence-electron chi connectivity index (χ0n) is 10.4. The van der Waals surface area contributed by atoms with Gasteiger partial charge in [0, 0.05) is 30.1 Å². The van der Waals surface area contributed by atoms with Crippen molar-refractivity contribution in [2.75, 3.05) is 6.54 Å². The lowest BCUT2D eigenvalue weighted by molar-refractivity contribution is 0.585. The maximum absolute atomic E-state index is 13.6. The van der Waals surface area contributed by atoms with Gasteiger partial charge in [0.05, 0.1) is 5.01 Å². The summed E-state index contributed by atoms with van der Waals surface area (Å²) in [4.78, 5) is 4.25. The van der Waals surface area contributed by atoms with Crippen molar-refractivity contribution in [1.82, 2.24) is 10.3 Å². The summed E-state index contributed by atoms with van der Waals surface area (Å²) >= 11 is 1.63. The second-order valence-corrected chi connectivity index (χ2v) is 5.18. The Hall–Kier alpha value is -1.26. The highest BCUT2D eigenvalue weighted by Gasteiger charge is 2.05. The van der Waals surface area contributed by atoms with Gasteiger partial charge in [0.2, 0.25) is 0 Å². The Balaban J connectivity index is 2.05. The summed E-state index contributed by atoms with van der Waals surface area (Å²) in [5.74, 6) is -0.138. The highest BCUT2D eigenvalue weighted by atomic mass is 32.1. The van der Waals surface area contributed by atoms with Crippen molar-refractivity contribution in [2.24, 2.45) is 0 Å². The fourth-order valence-electron chi connectivity index (χ4n) is 1.79. The largest absolute Gasteiger partial charge is 0.313 e. The summed E-state index contributed by atoms with van der Waals surface area (Å²) in [6.07, 6.45) is 3.63. The second kappa shape index (κ2) is 6.61. The molecule has 2 aromatic rings. The van der Waals surface area contributed by atoms with Crippen molar-refractivity contribution in [2.45, 2.75) is 26.3 Å². The molecule has 0 saturated carbocycles. The van der Waals surface area contributed by atoms with E-state index in [2.05, 4.69) is 17.2 Å². The molecule has 0 amide bonds. The topological polar surface area (TPSA) is 24.9 Å². The smallest absolute Gasteiger partial charge is 0.127 e. The molecule has 0 spiro atoms.